The minimum Gasteiger partial charge on any atom is -0.457 e. The number of ether oxygens (including phenoxy) is 1. The van der Waals surface area contributed by atoms with E-state index >= 15 is 0 Å². The van der Waals surface area contributed by atoms with Crippen LogP contribution in [0, 0.1) is 11.3 Å². The second kappa shape index (κ2) is 11.4. The number of aliphatic hydroxyl groups is 1. The lowest BCUT2D eigenvalue weighted by Gasteiger charge is -2.51. The zero-order valence-electron chi connectivity index (χ0n) is 21.3. The first kappa shape index (κ1) is 29.2. The number of piperidine rings is 1. The van der Waals surface area contributed by atoms with Crippen LogP contribution >= 0.6 is 23.2 Å². The van der Waals surface area contributed by atoms with Crippen LogP contribution in [0.5, 0.6) is 0 Å². The van der Waals surface area contributed by atoms with Crippen molar-refractivity contribution in [1.29, 1.82) is 0 Å². The van der Waals surface area contributed by atoms with E-state index in [2.05, 4.69) is 10.6 Å². The molecular formula is C25H37Cl2N3O5. The highest BCUT2D eigenvalue weighted by atomic mass is 35.5. The first-order valence-corrected chi connectivity index (χ1v) is 12.6. The third-order valence-electron chi connectivity index (χ3n) is 6.48. The number of hydrogen-bond acceptors (Lipinski definition) is 5. The molecule has 2 atom stereocenters. The number of amides is 3. The van der Waals surface area contributed by atoms with Crippen LogP contribution in [0.25, 0.3) is 0 Å². The number of halogens is 2. The second-order valence-corrected chi connectivity index (χ2v) is 11.4. The van der Waals surface area contributed by atoms with Crippen LogP contribution in [0.2, 0.25) is 5.02 Å². The molecule has 2 rings (SSSR count). The molecule has 196 valence electrons. The predicted octanol–water partition coefficient (Wildman–Crippen LogP) is 3.67. The van der Waals surface area contributed by atoms with Crippen molar-refractivity contribution in [3.05, 3.63) is 34.9 Å². The van der Waals surface area contributed by atoms with Crippen LogP contribution in [0.3, 0.4) is 0 Å². The van der Waals surface area contributed by atoms with E-state index in [4.69, 9.17) is 27.9 Å². The van der Waals surface area contributed by atoms with Gasteiger partial charge < -0.3 is 25.4 Å². The van der Waals surface area contributed by atoms with E-state index in [1.165, 1.54) is 0 Å². The number of alkyl halides is 1. The van der Waals surface area contributed by atoms with Crippen molar-refractivity contribution in [2.75, 3.05) is 25.5 Å². The van der Waals surface area contributed by atoms with Crippen LogP contribution in [0.4, 0.5) is 4.79 Å². The number of carbonyl (C=O) groups is 3. The van der Waals surface area contributed by atoms with Gasteiger partial charge in [0.05, 0.1) is 12.1 Å². The molecule has 0 aliphatic carbocycles. The molecule has 8 nitrogen and oxygen atoms in total. The van der Waals surface area contributed by atoms with Crippen molar-refractivity contribution >= 4 is 41.1 Å². The summed E-state index contributed by atoms with van der Waals surface area (Å²) in [5.41, 5.74) is -1.97. The van der Waals surface area contributed by atoms with Gasteiger partial charge in [-0.25, -0.2) is 4.79 Å². The van der Waals surface area contributed by atoms with Gasteiger partial charge in [-0.1, -0.05) is 51.4 Å². The maximum absolute atomic E-state index is 13.4. The van der Waals surface area contributed by atoms with E-state index < -0.39 is 34.7 Å². The van der Waals surface area contributed by atoms with Crippen LogP contribution in [-0.2, 0) is 19.9 Å². The minimum absolute atomic E-state index is 0.0470. The molecule has 1 saturated heterocycles. The molecule has 1 aromatic rings. The Hall–Kier alpha value is -2.03. The number of hydrogen-bond donors (Lipinski definition) is 3. The molecule has 0 spiro atoms. The fourth-order valence-corrected chi connectivity index (χ4v) is 4.52. The summed E-state index contributed by atoms with van der Waals surface area (Å²) in [4.78, 5) is 39.2. The normalized spacial score (nSPS) is 20.8. The van der Waals surface area contributed by atoms with Gasteiger partial charge >= 0.3 is 12.0 Å². The zero-order valence-corrected chi connectivity index (χ0v) is 22.8. The number of benzene rings is 1. The number of rotatable bonds is 8. The van der Waals surface area contributed by atoms with Crippen LogP contribution in [0.1, 0.15) is 53.5 Å². The molecule has 0 unspecified atom stereocenters. The van der Waals surface area contributed by atoms with E-state index in [1.807, 2.05) is 39.8 Å². The van der Waals surface area contributed by atoms with Gasteiger partial charge in [-0.15, -0.1) is 11.6 Å². The van der Waals surface area contributed by atoms with Gasteiger partial charge in [0.15, 0.2) is 0 Å². The molecule has 0 bridgehead atoms. The largest absolute Gasteiger partial charge is 0.457 e. The summed E-state index contributed by atoms with van der Waals surface area (Å²) in [7, 11) is 0. The molecule has 1 heterocycles. The van der Waals surface area contributed by atoms with Gasteiger partial charge in [-0.05, 0) is 43.9 Å². The van der Waals surface area contributed by atoms with Crippen LogP contribution in [-0.4, -0.2) is 65.1 Å². The Kier molecular flexibility index (Phi) is 9.47. The average Bonchev–Trinajstić information content (AvgIpc) is 2.77. The summed E-state index contributed by atoms with van der Waals surface area (Å²) in [5, 5.41) is 17.6. The van der Waals surface area contributed by atoms with Gasteiger partial charge in [0.25, 0.3) is 0 Å². The quantitative estimate of drug-likeness (QED) is 0.351. The van der Waals surface area contributed by atoms with Crippen molar-refractivity contribution in [2.45, 2.75) is 65.2 Å². The molecule has 1 aliphatic heterocycles. The summed E-state index contributed by atoms with van der Waals surface area (Å²) in [6, 6.07) is 5.82. The van der Waals surface area contributed by atoms with E-state index in [1.54, 1.807) is 30.9 Å². The Morgan fingerprint density at radius 1 is 1.20 bits per heavy atom. The number of carbonyl (C=O) groups excluding carboxylic acids is 3. The maximum Gasteiger partial charge on any atom is 0.321 e. The fourth-order valence-electron chi connectivity index (χ4n) is 4.34. The lowest BCUT2D eigenvalue weighted by molar-refractivity contribution is -0.155. The van der Waals surface area contributed by atoms with Crippen LogP contribution in [0.15, 0.2) is 24.3 Å². The maximum atomic E-state index is 13.4. The number of nitrogens with zero attached hydrogens (tertiary/aromatic N) is 1. The van der Waals surface area contributed by atoms with E-state index in [0.717, 1.165) is 5.56 Å². The third-order valence-corrected chi connectivity index (χ3v) is 6.95. The molecule has 10 heteroatoms. The molecule has 3 N–H and O–H groups in total. The summed E-state index contributed by atoms with van der Waals surface area (Å²) < 4.78 is 5.20. The molecule has 0 radical (unpaired) electrons. The Morgan fingerprint density at radius 2 is 1.80 bits per heavy atom. The van der Waals surface area contributed by atoms with Gasteiger partial charge in [0.1, 0.15) is 17.5 Å². The lowest BCUT2D eigenvalue weighted by atomic mass is 9.66. The molecule has 0 aromatic heterocycles. The average molecular weight is 530 g/mol. The van der Waals surface area contributed by atoms with Crippen molar-refractivity contribution in [2.24, 2.45) is 11.3 Å². The highest BCUT2D eigenvalue weighted by Gasteiger charge is 2.50. The fraction of sp³-hybridized carbons (Fsp3) is 0.640. The highest BCUT2D eigenvalue weighted by Crippen LogP contribution is 2.46. The lowest BCUT2D eigenvalue weighted by Crippen LogP contribution is -2.61. The summed E-state index contributed by atoms with van der Waals surface area (Å²) in [6.45, 7) is 11.6. The molecule has 35 heavy (non-hydrogen) atoms. The number of urea groups is 1. The number of esters is 1. The van der Waals surface area contributed by atoms with Crippen molar-refractivity contribution in [1.82, 2.24) is 15.5 Å². The molecule has 3 amide bonds. The van der Waals surface area contributed by atoms with Crippen molar-refractivity contribution < 1.29 is 24.2 Å². The topological polar surface area (TPSA) is 108 Å². The van der Waals surface area contributed by atoms with Gasteiger partial charge in [0, 0.05) is 23.5 Å². The first-order chi connectivity index (χ1) is 16.1. The monoisotopic (exact) mass is 529 g/mol. The van der Waals surface area contributed by atoms with Gasteiger partial charge in [0.2, 0.25) is 5.91 Å². The van der Waals surface area contributed by atoms with Crippen molar-refractivity contribution in [3.63, 3.8) is 0 Å². The molecule has 0 saturated carbocycles. The summed E-state index contributed by atoms with van der Waals surface area (Å²) in [6.07, 6.45) is 0.352. The zero-order chi connectivity index (χ0) is 26.6. The Bertz CT molecular complexity index is 920. The standard InChI is InChI=1S/C25H37Cl2N3O5/c1-16(2)20(29-22(33)28-14-24(5,6)35-19(31)13-26)21(32)30-12-11-25(34,23(3,4)15-30)17-7-9-18(27)10-8-17/h7-10,16,20,34H,11-15H2,1-6H3,(H2,28,29,33)/t20-,25+/m1/s1. The molecule has 1 aliphatic rings. The van der Waals surface area contributed by atoms with Gasteiger partial charge in [-0.2, -0.15) is 0 Å². The smallest absolute Gasteiger partial charge is 0.321 e. The van der Waals surface area contributed by atoms with Crippen molar-refractivity contribution in [3.8, 4) is 0 Å². The number of nitrogens with one attached hydrogen (secondary N) is 2. The van der Waals surface area contributed by atoms with Crippen LogP contribution < -0.4 is 10.6 Å². The third kappa shape index (κ3) is 7.24. The highest BCUT2D eigenvalue weighted by molar-refractivity contribution is 6.30. The molecular weight excluding hydrogens is 493 g/mol. The Balaban J connectivity index is 2.06. The minimum atomic E-state index is -1.13. The Labute approximate surface area is 217 Å². The van der Waals surface area contributed by atoms with E-state index in [0.29, 0.717) is 24.5 Å². The number of likely N-dealkylation sites (tertiary alicyclic amines) is 1. The Morgan fingerprint density at radius 3 is 2.31 bits per heavy atom. The predicted molar refractivity (Wildman–Crippen MR) is 136 cm³/mol. The van der Waals surface area contributed by atoms with E-state index in [-0.39, 0.29) is 24.2 Å². The molecule has 1 aromatic carbocycles. The second-order valence-electron chi connectivity index (χ2n) is 10.7. The summed E-state index contributed by atoms with van der Waals surface area (Å²) in [5.74, 6) is -1.25. The SMILES string of the molecule is CC(C)[C@@H](NC(=O)NCC(C)(C)OC(=O)CCl)C(=O)N1CC[C@](O)(c2ccc(Cl)cc2)C(C)(C)C1. The first-order valence-electron chi connectivity index (χ1n) is 11.7. The molecule has 1 fully saturated rings. The van der Waals surface area contributed by atoms with E-state index in [9.17, 15) is 19.5 Å². The van der Waals surface area contributed by atoms with Gasteiger partial charge in [-0.3, -0.25) is 9.59 Å². The summed E-state index contributed by atoms with van der Waals surface area (Å²) >= 11 is 11.5.